The molecule has 0 bridgehead atoms. The van der Waals surface area contributed by atoms with Crippen molar-refractivity contribution in [1.29, 1.82) is 0 Å². The first-order valence-electron chi connectivity index (χ1n) is 4.77. The minimum absolute atomic E-state index is 0.245. The Morgan fingerprint density at radius 2 is 2.13 bits per heavy atom. The summed E-state index contributed by atoms with van der Waals surface area (Å²) in [4.78, 5) is 0. The van der Waals surface area contributed by atoms with Crippen LogP contribution < -0.4 is 4.31 Å². The topological polar surface area (TPSA) is 37.4 Å². The third-order valence-electron chi connectivity index (χ3n) is 2.53. The maximum absolute atomic E-state index is 11.7. The summed E-state index contributed by atoms with van der Waals surface area (Å²) in [6, 6.07) is 5.27. The highest BCUT2D eigenvalue weighted by atomic mass is 35.5. The zero-order valence-electron chi connectivity index (χ0n) is 8.40. The van der Waals surface area contributed by atoms with Crippen LogP contribution in [0.5, 0.6) is 0 Å². The zero-order chi connectivity index (χ0) is 11.1. The van der Waals surface area contributed by atoms with Gasteiger partial charge in [0, 0.05) is 11.6 Å². The molecule has 0 spiro atoms. The summed E-state index contributed by atoms with van der Waals surface area (Å²) in [5.41, 5.74) is 1.64. The SMILES string of the molecule is Cc1cc(Cl)ccc1N1CCCS1(=O)=O. The fourth-order valence-corrected chi connectivity index (χ4v) is 3.66. The number of hydrogen-bond donors (Lipinski definition) is 0. The van der Waals surface area contributed by atoms with Crippen LogP contribution in [-0.4, -0.2) is 20.7 Å². The average Bonchev–Trinajstić information content (AvgIpc) is 2.46. The maximum atomic E-state index is 11.7. The van der Waals surface area contributed by atoms with Crippen LogP contribution in [0.15, 0.2) is 18.2 Å². The Hall–Kier alpha value is -0.740. The number of rotatable bonds is 1. The predicted octanol–water partition coefficient (Wildman–Crippen LogP) is 2.19. The lowest BCUT2D eigenvalue weighted by Gasteiger charge is -2.19. The van der Waals surface area contributed by atoms with Gasteiger partial charge in [-0.15, -0.1) is 0 Å². The first kappa shape index (κ1) is 10.8. The molecule has 1 aromatic carbocycles. The van der Waals surface area contributed by atoms with Crippen LogP contribution in [0.3, 0.4) is 0 Å². The fraction of sp³-hybridized carbons (Fsp3) is 0.400. The molecule has 1 aliphatic heterocycles. The summed E-state index contributed by atoms with van der Waals surface area (Å²) in [5, 5.41) is 0.632. The van der Waals surface area contributed by atoms with E-state index in [1.807, 2.05) is 6.92 Å². The second-order valence-corrected chi connectivity index (χ2v) is 6.12. The van der Waals surface area contributed by atoms with E-state index in [0.717, 1.165) is 11.3 Å². The molecule has 1 aliphatic rings. The van der Waals surface area contributed by atoms with Crippen LogP contribution >= 0.6 is 11.6 Å². The molecular formula is C10H12ClNO2S. The molecule has 0 unspecified atom stereocenters. The highest BCUT2D eigenvalue weighted by Gasteiger charge is 2.29. The van der Waals surface area contributed by atoms with Gasteiger partial charge in [-0.2, -0.15) is 0 Å². The van der Waals surface area contributed by atoms with Gasteiger partial charge in [0.1, 0.15) is 0 Å². The molecule has 1 fully saturated rings. The van der Waals surface area contributed by atoms with Crippen molar-refractivity contribution in [1.82, 2.24) is 0 Å². The van der Waals surface area contributed by atoms with Gasteiger partial charge >= 0.3 is 0 Å². The van der Waals surface area contributed by atoms with Gasteiger partial charge in [0.15, 0.2) is 0 Å². The summed E-state index contributed by atoms with van der Waals surface area (Å²) in [7, 11) is -3.09. The average molecular weight is 246 g/mol. The smallest absolute Gasteiger partial charge is 0.235 e. The van der Waals surface area contributed by atoms with Gasteiger partial charge in [0.25, 0.3) is 0 Å². The van der Waals surface area contributed by atoms with Crippen LogP contribution in [-0.2, 0) is 10.0 Å². The molecule has 1 heterocycles. The van der Waals surface area contributed by atoms with Crippen LogP contribution in [0.1, 0.15) is 12.0 Å². The molecule has 0 radical (unpaired) electrons. The Kier molecular flexibility index (Phi) is 2.64. The van der Waals surface area contributed by atoms with Gasteiger partial charge in [-0.1, -0.05) is 11.6 Å². The Morgan fingerprint density at radius 3 is 2.67 bits per heavy atom. The van der Waals surface area contributed by atoms with Crippen molar-refractivity contribution in [2.75, 3.05) is 16.6 Å². The van der Waals surface area contributed by atoms with Crippen molar-refractivity contribution >= 4 is 27.3 Å². The molecule has 1 aromatic rings. The van der Waals surface area contributed by atoms with E-state index >= 15 is 0 Å². The summed E-state index contributed by atoms with van der Waals surface area (Å²) < 4.78 is 24.9. The molecule has 2 rings (SSSR count). The second-order valence-electron chi connectivity index (χ2n) is 3.67. The third-order valence-corrected chi connectivity index (χ3v) is 4.62. The highest BCUT2D eigenvalue weighted by Crippen LogP contribution is 2.28. The van der Waals surface area contributed by atoms with Crippen molar-refractivity contribution in [3.63, 3.8) is 0 Å². The van der Waals surface area contributed by atoms with E-state index in [0.29, 0.717) is 18.0 Å². The van der Waals surface area contributed by atoms with E-state index in [2.05, 4.69) is 0 Å². The first-order chi connectivity index (χ1) is 7.00. The number of anilines is 1. The molecule has 5 heteroatoms. The van der Waals surface area contributed by atoms with Crippen LogP contribution in [0, 0.1) is 6.92 Å². The molecule has 1 saturated heterocycles. The second kappa shape index (κ2) is 3.68. The van der Waals surface area contributed by atoms with E-state index in [-0.39, 0.29) is 5.75 Å². The van der Waals surface area contributed by atoms with Gasteiger partial charge in [0.05, 0.1) is 11.4 Å². The van der Waals surface area contributed by atoms with Crippen molar-refractivity contribution < 1.29 is 8.42 Å². The fourth-order valence-electron chi connectivity index (χ4n) is 1.81. The minimum atomic E-state index is -3.09. The quantitative estimate of drug-likeness (QED) is 0.761. The summed E-state index contributed by atoms with van der Waals surface area (Å²) in [6.07, 6.45) is 0.699. The van der Waals surface area contributed by atoms with Crippen LogP contribution in [0.2, 0.25) is 5.02 Å². The number of halogens is 1. The van der Waals surface area contributed by atoms with Crippen molar-refractivity contribution in [2.45, 2.75) is 13.3 Å². The van der Waals surface area contributed by atoms with Gasteiger partial charge < -0.3 is 0 Å². The lowest BCUT2D eigenvalue weighted by atomic mass is 10.2. The Bertz CT molecular complexity index is 484. The van der Waals surface area contributed by atoms with E-state index < -0.39 is 10.0 Å². The number of aryl methyl sites for hydroxylation is 1. The van der Waals surface area contributed by atoms with E-state index in [9.17, 15) is 8.42 Å². The van der Waals surface area contributed by atoms with Crippen molar-refractivity contribution in [2.24, 2.45) is 0 Å². The van der Waals surface area contributed by atoms with Crippen LogP contribution in [0.25, 0.3) is 0 Å². The van der Waals surface area contributed by atoms with Crippen LogP contribution in [0.4, 0.5) is 5.69 Å². The molecule has 0 aliphatic carbocycles. The number of hydrogen-bond acceptors (Lipinski definition) is 2. The van der Waals surface area contributed by atoms with E-state index in [1.165, 1.54) is 4.31 Å². The molecule has 3 nitrogen and oxygen atoms in total. The highest BCUT2D eigenvalue weighted by molar-refractivity contribution is 7.93. The summed E-state index contributed by atoms with van der Waals surface area (Å²) in [5.74, 6) is 0.245. The van der Waals surface area contributed by atoms with E-state index in [4.69, 9.17) is 11.6 Å². The van der Waals surface area contributed by atoms with Crippen molar-refractivity contribution in [3.8, 4) is 0 Å². The summed E-state index contributed by atoms with van der Waals surface area (Å²) in [6.45, 7) is 2.44. The summed E-state index contributed by atoms with van der Waals surface area (Å²) >= 11 is 5.83. The van der Waals surface area contributed by atoms with Crippen molar-refractivity contribution in [3.05, 3.63) is 28.8 Å². The third kappa shape index (κ3) is 1.96. The molecule has 0 atom stereocenters. The first-order valence-corrected chi connectivity index (χ1v) is 6.76. The monoisotopic (exact) mass is 245 g/mol. The molecule has 82 valence electrons. The normalized spacial score (nSPS) is 19.5. The molecule has 15 heavy (non-hydrogen) atoms. The molecule has 0 amide bonds. The van der Waals surface area contributed by atoms with Gasteiger partial charge in [-0.25, -0.2) is 8.42 Å². The Morgan fingerprint density at radius 1 is 1.40 bits per heavy atom. The molecular weight excluding hydrogens is 234 g/mol. The molecule has 0 N–H and O–H groups in total. The standard InChI is InChI=1S/C10H12ClNO2S/c1-8-7-9(11)3-4-10(8)12-5-2-6-15(12,13)14/h3-4,7H,2,5-6H2,1H3. The molecule has 0 aromatic heterocycles. The Labute approximate surface area is 94.7 Å². The lowest BCUT2D eigenvalue weighted by Crippen LogP contribution is -2.25. The minimum Gasteiger partial charge on any atom is -0.270 e. The van der Waals surface area contributed by atoms with Gasteiger partial charge in [0.2, 0.25) is 10.0 Å². The lowest BCUT2D eigenvalue weighted by molar-refractivity contribution is 0.599. The van der Waals surface area contributed by atoms with E-state index in [1.54, 1.807) is 18.2 Å². The largest absolute Gasteiger partial charge is 0.270 e. The Balaban J connectivity index is 2.46. The predicted molar refractivity (Wildman–Crippen MR) is 61.9 cm³/mol. The maximum Gasteiger partial charge on any atom is 0.235 e. The number of sulfonamides is 1. The number of nitrogens with zero attached hydrogens (tertiary/aromatic N) is 1. The van der Waals surface area contributed by atoms with Gasteiger partial charge in [-0.3, -0.25) is 4.31 Å². The number of benzene rings is 1. The van der Waals surface area contributed by atoms with Gasteiger partial charge in [-0.05, 0) is 37.1 Å². The zero-order valence-corrected chi connectivity index (χ0v) is 9.98. The molecule has 0 saturated carbocycles.